The Bertz CT molecular complexity index is 611. The zero-order valence-corrected chi connectivity index (χ0v) is 16.6. The predicted octanol–water partition coefficient (Wildman–Crippen LogP) is 3.82. The third-order valence-corrected chi connectivity index (χ3v) is 6.63. The average molecular weight is 399 g/mol. The second kappa shape index (κ2) is 8.47. The van der Waals surface area contributed by atoms with Crippen LogP contribution in [0.1, 0.15) is 43.8 Å². The first-order valence-electron chi connectivity index (χ1n) is 9.53. The van der Waals surface area contributed by atoms with Gasteiger partial charge in [-0.25, -0.2) is 0 Å². The molecular weight excluding hydrogens is 371 g/mol. The van der Waals surface area contributed by atoms with Gasteiger partial charge in [-0.15, -0.1) is 12.4 Å². The molecule has 1 heterocycles. The second-order valence-corrected chi connectivity index (χ2v) is 8.33. The highest BCUT2D eigenvalue weighted by Gasteiger charge is 2.42. The number of hydrogen-bond acceptors (Lipinski definition) is 3. The number of carbonyl (C=O) groups excluding carboxylic acids is 1. The molecule has 1 aromatic carbocycles. The molecule has 2 N–H and O–H groups in total. The molecule has 2 aliphatic carbocycles. The highest BCUT2D eigenvalue weighted by atomic mass is 35.5. The lowest BCUT2D eigenvalue weighted by atomic mass is 9.65. The van der Waals surface area contributed by atoms with E-state index in [1.807, 2.05) is 29.2 Å². The molecule has 1 amide bonds. The normalized spacial score (nSPS) is 34.1. The van der Waals surface area contributed by atoms with Crippen LogP contribution in [-0.2, 0) is 9.53 Å². The molecule has 1 aliphatic heterocycles. The quantitative estimate of drug-likeness (QED) is 0.823. The molecule has 0 aromatic heterocycles. The Balaban J connectivity index is 0.00000196. The summed E-state index contributed by atoms with van der Waals surface area (Å²) in [5.41, 5.74) is 7.47. The topological polar surface area (TPSA) is 55.6 Å². The van der Waals surface area contributed by atoms with E-state index in [-0.39, 0.29) is 24.4 Å². The van der Waals surface area contributed by atoms with Gasteiger partial charge in [-0.2, -0.15) is 0 Å². The zero-order chi connectivity index (χ0) is 17.4. The summed E-state index contributed by atoms with van der Waals surface area (Å²) in [5.74, 6) is 1.54. The van der Waals surface area contributed by atoms with Crippen molar-refractivity contribution in [3.05, 3.63) is 34.9 Å². The van der Waals surface area contributed by atoms with Crippen LogP contribution in [-0.4, -0.2) is 36.5 Å². The summed E-state index contributed by atoms with van der Waals surface area (Å²) in [6, 6.07) is 8.05. The molecule has 3 aliphatic rings. The third-order valence-electron chi connectivity index (χ3n) is 6.38. The van der Waals surface area contributed by atoms with Gasteiger partial charge in [-0.05, 0) is 55.2 Å². The molecule has 6 heteroatoms. The highest BCUT2D eigenvalue weighted by Crippen LogP contribution is 2.42. The van der Waals surface area contributed by atoms with E-state index in [2.05, 4.69) is 0 Å². The number of fused-ring (bicyclic) bond motifs is 2. The second-order valence-electron chi connectivity index (χ2n) is 7.89. The van der Waals surface area contributed by atoms with Crippen molar-refractivity contribution >= 4 is 29.9 Å². The van der Waals surface area contributed by atoms with Crippen LogP contribution < -0.4 is 5.73 Å². The van der Waals surface area contributed by atoms with Crippen LogP contribution >= 0.6 is 24.0 Å². The van der Waals surface area contributed by atoms with Crippen LogP contribution in [0.25, 0.3) is 0 Å². The first-order valence-corrected chi connectivity index (χ1v) is 9.91. The van der Waals surface area contributed by atoms with E-state index >= 15 is 0 Å². The van der Waals surface area contributed by atoms with Crippen molar-refractivity contribution in [1.29, 1.82) is 0 Å². The highest BCUT2D eigenvalue weighted by molar-refractivity contribution is 6.30. The van der Waals surface area contributed by atoms with Crippen molar-refractivity contribution in [3.63, 3.8) is 0 Å². The summed E-state index contributed by atoms with van der Waals surface area (Å²) < 4.78 is 5.91. The van der Waals surface area contributed by atoms with Gasteiger partial charge in [-0.1, -0.05) is 30.2 Å². The number of ether oxygens (including phenoxy) is 1. The van der Waals surface area contributed by atoms with Crippen molar-refractivity contribution in [2.24, 2.45) is 23.5 Å². The maximum absolute atomic E-state index is 13.1. The van der Waals surface area contributed by atoms with Crippen molar-refractivity contribution in [1.82, 2.24) is 4.90 Å². The maximum Gasteiger partial charge on any atom is 0.225 e. The number of halogens is 2. The maximum atomic E-state index is 13.1. The fourth-order valence-corrected chi connectivity index (χ4v) is 5.10. The van der Waals surface area contributed by atoms with Crippen LogP contribution in [0, 0.1) is 17.8 Å². The molecule has 0 radical (unpaired) electrons. The van der Waals surface area contributed by atoms with Crippen LogP contribution in [0.3, 0.4) is 0 Å². The molecule has 0 spiro atoms. The van der Waals surface area contributed by atoms with E-state index in [0.29, 0.717) is 43.5 Å². The number of nitrogens with zero attached hydrogens (tertiary/aromatic N) is 1. The summed E-state index contributed by atoms with van der Waals surface area (Å²) in [6.45, 7) is 1.93. The van der Waals surface area contributed by atoms with E-state index < -0.39 is 0 Å². The molecule has 2 bridgehead atoms. The van der Waals surface area contributed by atoms with Gasteiger partial charge in [0.2, 0.25) is 5.91 Å². The monoisotopic (exact) mass is 398 g/mol. The Morgan fingerprint density at radius 2 is 1.81 bits per heavy atom. The van der Waals surface area contributed by atoms with Crippen LogP contribution in [0.5, 0.6) is 0 Å². The molecule has 3 fully saturated rings. The minimum atomic E-state index is -0.0553. The van der Waals surface area contributed by atoms with Gasteiger partial charge in [0, 0.05) is 23.5 Å². The molecule has 1 aromatic rings. The zero-order valence-electron chi connectivity index (χ0n) is 15.0. The molecule has 144 valence electrons. The number of amides is 1. The number of rotatable bonds is 2. The third kappa shape index (κ3) is 4.04. The van der Waals surface area contributed by atoms with E-state index in [4.69, 9.17) is 22.1 Å². The first kappa shape index (κ1) is 19.9. The lowest BCUT2D eigenvalue weighted by molar-refractivity contribution is -0.146. The molecule has 4 nitrogen and oxygen atoms in total. The predicted molar refractivity (Wildman–Crippen MR) is 106 cm³/mol. The number of benzene rings is 1. The fourth-order valence-electron chi connectivity index (χ4n) is 4.98. The molecule has 2 saturated carbocycles. The Labute approximate surface area is 166 Å². The van der Waals surface area contributed by atoms with E-state index in [9.17, 15) is 4.79 Å². The number of carbonyl (C=O) groups is 1. The van der Waals surface area contributed by atoms with E-state index in [1.54, 1.807) is 0 Å². The minimum Gasteiger partial charge on any atom is -0.370 e. The van der Waals surface area contributed by atoms with Gasteiger partial charge < -0.3 is 15.4 Å². The summed E-state index contributed by atoms with van der Waals surface area (Å²) >= 11 is 5.97. The van der Waals surface area contributed by atoms with Crippen LogP contribution in [0.15, 0.2) is 24.3 Å². The molecule has 3 atom stereocenters. The summed E-state index contributed by atoms with van der Waals surface area (Å²) in [5, 5.41) is 0.720. The lowest BCUT2D eigenvalue weighted by Crippen LogP contribution is -2.51. The van der Waals surface area contributed by atoms with Gasteiger partial charge in [0.05, 0.1) is 13.2 Å². The van der Waals surface area contributed by atoms with Gasteiger partial charge in [-0.3, -0.25) is 4.79 Å². The lowest BCUT2D eigenvalue weighted by Gasteiger charge is -2.45. The molecular formula is C20H28Cl2N2O2. The summed E-state index contributed by atoms with van der Waals surface area (Å²) in [7, 11) is 0. The number of hydrogen-bond donors (Lipinski definition) is 1. The van der Waals surface area contributed by atoms with Crippen molar-refractivity contribution in [2.75, 3.05) is 19.7 Å². The van der Waals surface area contributed by atoms with Gasteiger partial charge >= 0.3 is 0 Å². The summed E-state index contributed by atoms with van der Waals surface area (Å²) in [4.78, 5) is 15.1. The molecule has 26 heavy (non-hydrogen) atoms. The van der Waals surface area contributed by atoms with E-state index in [1.165, 1.54) is 19.3 Å². The fraction of sp³-hybridized carbons (Fsp3) is 0.650. The van der Waals surface area contributed by atoms with Crippen molar-refractivity contribution in [2.45, 2.75) is 44.2 Å². The molecule has 1 saturated heterocycles. The smallest absolute Gasteiger partial charge is 0.225 e. The van der Waals surface area contributed by atoms with Crippen LogP contribution in [0.2, 0.25) is 5.02 Å². The van der Waals surface area contributed by atoms with Crippen molar-refractivity contribution in [3.8, 4) is 0 Å². The Morgan fingerprint density at radius 3 is 2.46 bits per heavy atom. The Hall–Kier alpha value is -0.810. The van der Waals surface area contributed by atoms with Gasteiger partial charge in [0.1, 0.15) is 6.10 Å². The SMILES string of the molecule is Cl.NC1C2CCCC1CC(C(=O)N1CCOC(c3ccc(Cl)cc3)C1)C2. The summed E-state index contributed by atoms with van der Waals surface area (Å²) in [6.07, 6.45) is 5.55. The Kier molecular flexibility index (Phi) is 6.50. The van der Waals surface area contributed by atoms with Gasteiger partial charge in [0.25, 0.3) is 0 Å². The molecule has 3 unspecified atom stereocenters. The number of morpholine rings is 1. The average Bonchev–Trinajstić information content (AvgIpc) is 2.62. The van der Waals surface area contributed by atoms with Gasteiger partial charge in [0.15, 0.2) is 0 Å². The largest absolute Gasteiger partial charge is 0.370 e. The van der Waals surface area contributed by atoms with Crippen LogP contribution in [0.4, 0.5) is 0 Å². The minimum absolute atomic E-state index is 0. The van der Waals surface area contributed by atoms with E-state index in [0.717, 1.165) is 23.4 Å². The first-order chi connectivity index (χ1) is 12.1. The van der Waals surface area contributed by atoms with Crippen molar-refractivity contribution < 1.29 is 9.53 Å². The Morgan fingerprint density at radius 1 is 1.15 bits per heavy atom. The number of nitrogens with two attached hydrogens (primary N) is 1. The molecule has 4 rings (SSSR count). The standard InChI is InChI=1S/C20H27ClN2O2.ClH/c21-17-6-4-13(5-7-17)18-12-23(8-9-25-18)20(24)16-10-14-2-1-3-15(11-16)19(14)22;/h4-7,14-16,18-19H,1-3,8-12,22H2;1H.